The Balaban J connectivity index is 2.45. The van der Waals surface area contributed by atoms with Crippen LogP contribution in [0, 0.1) is 5.41 Å². The van der Waals surface area contributed by atoms with Crippen LogP contribution >= 0.6 is 0 Å². The van der Waals surface area contributed by atoms with Crippen molar-refractivity contribution in [1.29, 1.82) is 0 Å². The van der Waals surface area contributed by atoms with Gasteiger partial charge in [0.25, 0.3) is 0 Å². The molecule has 1 saturated carbocycles. The molecule has 0 radical (unpaired) electrons. The van der Waals surface area contributed by atoms with Gasteiger partial charge in [0.2, 0.25) is 0 Å². The summed E-state index contributed by atoms with van der Waals surface area (Å²) in [4.78, 5) is 0. The summed E-state index contributed by atoms with van der Waals surface area (Å²) in [6, 6.07) is 0. The van der Waals surface area contributed by atoms with Crippen LogP contribution in [0.3, 0.4) is 0 Å². The van der Waals surface area contributed by atoms with E-state index < -0.39 is 15.6 Å². The van der Waals surface area contributed by atoms with Gasteiger partial charge in [-0.05, 0) is 24.7 Å². The number of alkyl halides is 3. The van der Waals surface area contributed by atoms with E-state index in [0.717, 1.165) is 12.8 Å². The number of allylic oxidation sites excluding steroid dienone is 1. The van der Waals surface area contributed by atoms with E-state index in [4.69, 9.17) is 0 Å². The van der Waals surface area contributed by atoms with Crippen LogP contribution in [0.5, 0.6) is 0 Å². The molecule has 0 aromatic heterocycles. The highest BCUT2D eigenvalue weighted by molar-refractivity contribution is 7.87. The molecule has 1 rings (SSSR count). The molecule has 0 bridgehead atoms. The van der Waals surface area contributed by atoms with Crippen molar-refractivity contribution in [2.45, 2.75) is 38.1 Å². The molecule has 0 amide bonds. The molecule has 0 aromatic rings. The van der Waals surface area contributed by atoms with Crippen molar-refractivity contribution >= 4 is 10.1 Å². The van der Waals surface area contributed by atoms with E-state index in [-0.39, 0.29) is 17.6 Å². The second-order valence-corrected chi connectivity index (χ2v) is 5.87. The van der Waals surface area contributed by atoms with E-state index in [1.165, 1.54) is 0 Å². The molecule has 94 valence electrons. The first-order chi connectivity index (χ1) is 7.06. The fourth-order valence-corrected chi connectivity index (χ4v) is 1.64. The number of hydrogen-bond acceptors (Lipinski definition) is 3. The average Bonchev–Trinajstić information content (AvgIpc) is 2.79. The van der Waals surface area contributed by atoms with Crippen LogP contribution in [-0.4, -0.2) is 13.9 Å². The molecular formula is C9H13F3O3S. The van der Waals surface area contributed by atoms with E-state index in [2.05, 4.69) is 10.8 Å². The van der Waals surface area contributed by atoms with Crippen LogP contribution in [0.4, 0.5) is 13.2 Å². The summed E-state index contributed by atoms with van der Waals surface area (Å²) in [6.45, 7) is 5.17. The van der Waals surface area contributed by atoms with Crippen molar-refractivity contribution in [3.05, 3.63) is 12.3 Å². The summed E-state index contributed by atoms with van der Waals surface area (Å²) >= 11 is 0. The first-order valence-electron chi connectivity index (χ1n) is 4.74. The van der Waals surface area contributed by atoms with Crippen molar-refractivity contribution in [3.63, 3.8) is 0 Å². The highest BCUT2D eigenvalue weighted by Crippen LogP contribution is 2.49. The van der Waals surface area contributed by atoms with Gasteiger partial charge in [0.15, 0.2) is 0 Å². The lowest BCUT2D eigenvalue weighted by atomic mass is 10.0. The lowest BCUT2D eigenvalue weighted by molar-refractivity contribution is -0.0523. The van der Waals surface area contributed by atoms with Gasteiger partial charge in [0, 0.05) is 6.42 Å². The molecule has 0 aromatic carbocycles. The molecule has 0 atom stereocenters. The Kier molecular flexibility index (Phi) is 3.29. The SMILES string of the molecule is C=C(CCC1(C)CC1)OS(=O)(=O)C(F)(F)F. The van der Waals surface area contributed by atoms with E-state index in [1.54, 1.807) is 0 Å². The Morgan fingerprint density at radius 2 is 1.94 bits per heavy atom. The van der Waals surface area contributed by atoms with Crippen LogP contribution in [0.1, 0.15) is 32.6 Å². The van der Waals surface area contributed by atoms with Crippen molar-refractivity contribution < 1.29 is 25.8 Å². The normalized spacial score (nSPS) is 19.2. The molecule has 0 spiro atoms. The molecule has 16 heavy (non-hydrogen) atoms. The third-order valence-electron chi connectivity index (χ3n) is 2.62. The molecule has 1 aliphatic carbocycles. The lowest BCUT2D eigenvalue weighted by Crippen LogP contribution is -2.25. The Hall–Kier alpha value is -0.720. The Bertz CT molecular complexity index is 379. The maximum Gasteiger partial charge on any atom is 0.534 e. The second-order valence-electron chi connectivity index (χ2n) is 4.33. The molecular weight excluding hydrogens is 245 g/mol. The van der Waals surface area contributed by atoms with Gasteiger partial charge in [-0.15, -0.1) is 0 Å². The van der Waals surface area contributed by atoms with Crippen molar-refractivity contribution in [2.75, 3.05) is 0 Å². The highest BCUT2D eigenvalue weighted by Gasteiger charge is 2.48. The number of rotatable bonds is 5. The van der Waals surface area contributed by atoms with Crippen LogP contribution in [0.2, 0.25) is 0 Å². The average molecular weight is 258 g/mol. The zero-order valence-electron chi connectivity index (χ0n) is 8.80. The van der Waals surface area contributed by atoms with Gasteiger partial charge >= 0.3 is 15.6 Å². The number of hydrogen-bond donors (Lipinski definition) is 0. The molecule has 0 unspecified atom stereocenters. The fourth-order valence-electron chi connectivity index (χ4n) is 1.15. The van der Waals surface area contributed by atoms with Gasteiger partial charge in [-0.1, -0.05) is 13.5 Å². The van der Waals surface area contributed by atoms with E-state index in [1.807, 2.05) is 6.92 Å². The summed E-state index contributed by atoms with van der Waals surface area (Å²) in [5, 5.41) is 0. The van der Waals surface area contributed by atoms with E-state index >= 15 is 0 Å². The maximum absolute atomic E-state index is 11.9. The Morgan fingerprint density at radius 3 is 2.31 bits per heavy atom. The zero-order chi connectivity index (χ0) is 12.6. The highest BCUT2D eigenvalue weighted by atomic mass is 32.2. The molecule has 0 aliphatic heterocycles. The van der Waals surface area contributed by atoms with Crippen LogP contribution < -0.4 is 0 Å². The van der Waals surface area contributed by atoms with Gasteiger partial charge in [-0.25, -0.2) is 0 Å². The zero-order valence-corrected chi connectivity index (χ0v) is 9.62. The first kappa shape index (κ1) is 13.3. The smallest absolute Gasteiger partial charge is 0.381 e. The monoisotopic (exact) mass is 258 g/mol. The molecule has 7 heteroatoms. The molecule has 3 nitrogen and oxygen atoms in total. The summed E-state index contributed by atoms with van der Waals surface area (Å²) in [6.07, 6.45) is 2.74. The number of halogens is 3. The van der Waals surface area contributed by atoms with Gasteiger partial charge < -0.3 is 4.18 Å². The Morgan fingerprint density at radius 1 is 1.44 bits per heavy atom. The van der Waals surface area contributed by atoms with Crippen molar-refractivity contribution in [1.82, 2.24) is 0 Å². The predicted molar refractivity (Wildman–Crippen MR) is 51.8 cm³/mol. The van der Waals surface area contributed by atoms with Crippen LogP contribution in [0.15, 0.2) is 12.3 Å². The van der Waals surface area contributed by atoms with Crippen LogP contribution in [-0.2, 0) is 14.3 Å². The van der Waals surface area contributed by atoms with Crippen molar-refractivity contribution in [2.24, 2.45) is 5.41 Å². The molecule has 1 fully saturated rings. The van der Waals surface area contributed by atoms with Crippen molar-refractivity contribution in [3.8, 4) is 0 Å². The largest absolute Gasteiger partial charge is 0.534 e. The lowest BCUT2D eigenvalue weighted by Gasteiger charge is -2.13. The Labute approximate surface area is 92.4 Å². The molecule has 0 heterocycles. The summed E-state index contributed by atoms with van der Waals surface area (Å²) < 4.78 is 60.8. The predicted octanol–water partition coefficient (Wildman–Crippen LogP) is 2.95. The van der Waals surface area contributed by atoms with Gasteiger partial charge in [-0.3, -0.25) is 0 Å². The quantitative estimate of drug-likeness (QED) is 0.432. The minimum absolute atomic E-state index is 0.119. The summed E-state index contributed by atoms with van der Waals surface area (Å²) in [7, 11) is -5.54. The third kappa shape index (κ3) is 3.40. The second kappa shape index (κ2) is 3.94. The van der Waals surface area contributed by atoms with Gasteiger partial charge in [0.1, 0.15) is 5.76 Å². The topological polar surface area (TPSA) is 43.4 Å². The molecule has 0 N–H and O–H groups in total. The minimum atomic E-state index is -5.54. The first-order valence-corrected chi connectivity index (χ1v) is 6.15. The fraction of sp³-hybridized carbons (Fsp3) is 0.778. The summed E-state index contributed by atoms with van der Waals surface area (Å²) in [5.74, 6) is -0.356. The van der Waals surface area contributed by atoms with Crippen LogP contribution in [0.25, 0.3) is 0 Å². The maximum atomic E-state index is 11.9. The van der Waals surface area contributed by atoms with E-state index in [0.29, 0.717) is 6.42 Å². The third-order valence-corrected chi connectivity index (χ3v) is 3.64. The standard InChI is InChI=1S/C9H13F3O3S/c1-7(3-4-8(2)5-6-8)15-16(13,14)9(10,11)12/h1,3-6H2,2H3. The molecule has 1 aliphatic rings. The van der Waals surface area contributed by atoms with E-state index in [9.17, 15) is 21.6 Å². The van der Waals surface area contributed by atoms with Gasteiger partial charge in [-0.2, -0.15) is 21.6 Å². The van der Waals surface area contributed by atoms with Gasteiger partial charge in [0.05, 0.1) is 0 Å². The minimum Gasteiger partial charge on any atom is -0.381 e. The summed E-state index contributed by atoms with van der Waals surface area (Å²) in [5.41, 5.74) is -5.27. The molecule has 0 saturated heterocycles.